The number of hydrogen-bond acceptors (Lipinski definition) is 4. The fourth-order valence-electron chi connectivity index (χ4n) is 2.44. The highest BCUT2D eigenvalue weighted by Crippen LogP contribution is 2.48. The summed E-state index contributed by atoms with van der Waals surface area (Å²) in [6.45, 7) is 3.71. The van der Waals surface area contributed by atoms with E-state index in [2.05, 4.69) is 4.99 Å². The maximum atomic E-state index is 14.3. The highest BCUT2D eigenvalue weighted by molar-refractivity contribution is 5.48. The van der Waals surface area contributed by atoms with Crippen LogP contribution >= 0.6 is 0 Å². The Morgan fingerprint density at radius 1 is 1.35 bits per heavy atom. The standard InChI is InChI=1S/C15H18FNO3/c1-10(2)20-14-8-12(16)11(7-13(14)19-3)15(17-9-18)5-4-6-15/h7-8,10H,4-6H2,1-3H3. The van der Waals surface area contributed by atoms with Crippen molar-refractivity contribution in [3.63, 3.8) is 0 Å². The monoisotopic (exact) mass is 279 g/mol. The lowest BCUT2D eigenvalue weighted by Gasteiger charge is -2.37. The molecule has 4 nitrogen and oxygen atoms in total. The first kappa shape index (κ1) is 14.5. The van der Waals surface area contributed by atoms with Crippen molar-refractivity contribution in [1.29, 1.82) is 0 Å². The summed E-state index contributed by atoms with van der Waals surface area (Å²) in [6.07, 6.45) is 3.68. The van der Waals surface area contributed by atoms with E-state index in [1.807, 2.05) is 13.8 Å². The number of nitrogens with zero attached hydrogens (tertiary/aromatic N) is 1. The van der Waals surface area contributed by atoms with E-state index in [0.717, 1.165) is 6.42 Å². The molecule has 0 saturated heterocycles. The molecule has 1 saturated carbocycles. The molecule has 0 unspecified atom stereocenters. The zero-order valence-electron chi connectivity index (χ0n) is 11.9. The van der Waals surface area contributed by atoms with Crippen LogP contribution in [0.4, 0.5) is 4.39 Å². The molecule has 1 aliphatic rings. The normalized spacial score (nSPS) is 16.2. The molecule has 20 heavy (non-hydrogen) atoms. The number of halogens is 1. The van der Waals surface area contributed by atoms with Gasteiger partial charge >= 0.3 is 0 Å². The van der Waals surface area contributed by atoms with E-state index >= 15 is 0 Å². The van der Waals surface area contributed by atoms with Crippen LogP contribution in [0.1, 0.15) is 38.7 Å². The first-order valence-corrected chi connectivity index (χ1v) is 6.66. The minimum Gasteiger partial charge on any atom is -0.493 e. The van der Waals surface area contributed by atoms with Gasteiger partial charge in [0, 0.05) is 11.6 Å². The van der Waals surface area contributed by atoms with Crippen molar-refractivity contribution >= 4 is 6.08 Å². The molecular weight excluding hydrogens is 261 g/mol. The van der Waals surface area contributed by atoms with Gasteiger partial charge in [0.1, 0.15) is 11.4 Å². The molecule has 0 amide bonds. The summed E-state index contributed by atoms with van der Waals surface area (Å²) in [5.74, 6) is 0.371. The Bertz CT molecular complexity index is 546. The third-order valence-corrected chi connectivity index (χ3v) is 3.56. The zero-order chi connectivity index (χ0) is 14.8. The molecule has 0 heterocycles. The van der Waals surface area contributed by atoms with Crippen LogP contribution in [0.3, 0.4) is 0 Å². The van der Waals surface area contributed by atoms with Gasteiger partial charge in [-0.2, -0.15) is 4.99 Å². The molecule has 0 aliphatic heterocycles. The Hall–Kier alpha value is -1.87. The van der Waals surface area contributed by atoms with Crippen molar-refractivity contribution < 1.29 is 18.7 Å². The van der Waals surface area contributed by atoms with Gasteiger partial charge in [-0.15, -0.1) is 0 Å². The van der Waals surface area contributed by atoms with E-state index in [0.29, 0.717) is 29.9 Å². The third kappa shape index (κ3) is 2.54. The number of carbonyl (C=O) groups excluding carboxylic acids is 1. The summed E-state index contributed by atoms with van der Waals surface area (Å²) in [5, 5.41) is 0. The number of isocyanates is 1. The lowest BCUT2D eigenvalue weighted by molar-refractivity contribution is 0.223. The van der Waals surface area contributed by atoms with Crippen LogP contribution in [0, 0.1) is 5.82 Å². The molecule has 1 aromatic rings. The Balaban J connectivity index is 2.47. The fraction of sp³-hybridized carbons (Fsp3) is 0.533. The first-order valence-electron chi connectivity index (χ1n) is 6.66. The molecule has 5 heteroatoms. The number of hydrogen-bond donors (Lipinski definition) is 0. The van der Waals surface area contributed by atoms with E-state index in [1.54, 1.807) is 12.1 Å². The van der Waals surface area contributed by atoms with E-state index in [-0.39, 0.29) is 6.10 Å². The van der Waals surface area contributed by atoms with Gasteiger partial charge in [-0.05, 0) is 39.2 Å². The topological polar surface area (TPSA) is 47.9 Å². The van der Waals surface area contributed by atoms with Gasteiger partial charge in [0.05, 0.1) is 13.2 Å². The molecule has 0 atom stereocenters. The van der Waals surface area contributed by atoms with E-state index in [4.69, 9.17) is 9.47 Å². The maximum absolute atomic E-state index is 14.3. The largest absolute Gasteiger partial charge is 0.493 e. The lowest BCUT2D eigenvalue weighted by atomic mass is 9.72. The molecular formula is C15H18FNO3. The number of benzene rings is 1. The second kappa shape index (κ2) is 5.63. The third-order valence-electron chi connectivity index (χ3n) is 3.56. The predicted molar refractivity (Wildman–Crippen MR) is 72.4 cm³/mol. The lowest BCUT2D eigenvalue weighted by Crippen LogP contribution is -2.33. The second-order valence-electron chi connectivity index (χ2n) is 5.24. The molecule has 0 aromatic heterocycles. The van der Waals surface area contributed by atoms with Crippen molar-refractivity contribution in [3.8, 4) is 11.5 Å². The first-order chi connectivity index (χ1) is 9.52. The average Bonchev–Trinajstić information content (AvgIpc) is 2.34. The highest BCUT2D eigenvalue weighted by Gasteiger charge is 2.41. The Morgan fingerprint density at radius 3 is 2.50 bits per heavy atom. The number of rotatable bonds is 5. The van der Waals surface area contributed by atoms with Crippen LogP contribution < -0.4 is 9.47 Å². The van der Waals surface area contributed by atoms with Crippen LogP contribution in [0.15, 0.2) is 17.1 Å². The minimum absolute atomic E-state index is 0.0835. The summed E-state index contributed by atoms with van der Waals surface area (Å²) in [5.41, 5.74) is -0.407. The Morgan fingerprint density at radius 2 is 2.05 bits per heavy atom. The van der Waals surface area contributed by atoms with Crippen molar-refractivity contribution in [2.24, 2.45) is 4.99 Å². The van der Waals surface area contributed by atoms with Gasteiger partial charge in [0.2, 0.25) is 6.08 Å². The van der Waals surface area contributed by atoms with Crippen LogP contribution in [0.25, 0.3) is 0 Å². The summed E-state index contributed by atoms with van der Waals surface area (Å²) < 4.78 is 25.1. The van der Waals surface area contributed by atoms with E-state index in [1.165, 1.54) is 13.2 Å². The van der Waals surface area contributed by atoms with Crippen LogP contribution in [0.2, 0.25) is 0 Å². The molecule has 1 aromatic carbocycles. The Labute approximate surface area is 117 Å². The van der Waals surface area contributed by atoms with E-state index in [9.17, 15) is 9.18 Å². The van der Waals surface area contributed by atoms with Crippen molar-refractivity contribution in [3.05, 3.63) is 23.5 Å². The maximum Gasteiger partial charge on any atom is 0.235 e. The van der Waals surface area contributed by atoms with Gasteiger partial charge < -0.3 is 9.47 Å². The molecule has 0 radical (unpaired) electrons. The molecule has 0 spiro atoms. The smallest absolute Gasteiger partial charge is 0.235 e. The average molecular weight is 279 g/mol. The minimum atomic E-state index is -0.782. The molecule has 2 rings (SSSR count). The molecule has 108 valence electrons. The molecule has 0 N–H and O–H groups in total. The molecule has 0 bridgehead atoms. The fourth-order valence-corrected chi connectivity index (χ4v) is 2.44. The van der Waals surface area contributed by atoms with Crippen LogP contribution in [-0.2, 0) is 10.3 Å². The number of aliphatic imine (C=N–C) groups is 1. The summed E-state index contributed by atoms with van der Waals surface area (Å²) in [6, 6.07) is 2.88. The zero-order valence-corrected chi connectivity index (χ0v) is 11.9. The Kier molecular flexibility index (Phi) is 4.09. The predicted octanol–water partition coefficient (Wildman–Crippen LogP) is 3.34. The van der Waals surface area contributed by atoms with Crippen molar-refractivity contribution in [2.75, 3.05) is 7.11 Å². The summed E-state index contributed by atoms with van der Waals surface area (Å²) >= 11 is 0. The highest BCUT2D eigenvalue weighted by atomic mass is 19.1. The van der Waals surface area contributed by atoms with Crippen LogP contribution in [0.5, 0.6) is 11.5 Å². The number of ether oxygens (including phenoxy) is 2. The molecule has 1 fully saturated rings. The quantitative estimate of drug-likeness (QED) is 0.613. The van der Waals surface area contributed by atoms with Gasteiger partial charge in [-0.25, -0.2) is 9.18 Å². The van der Waals surface area contributed by atoms with Gasteiger partial charge in [-0.3, -0.25) is 0 Å². The van der Waals surface area contributed by atoms with E-state index < -0.39 is 11.4 Å². The van der Waals surface area contributed by atoms with Crippen molar-refractivity contribution in [2.45, 2.75) is 44.8 Å². The van der Waals surface area contributed by atoms with Gasteiger partial charge in [0.25, 0.3) is 0 Å². The van der Waals surface area contributed by atoms with Crippen molar-refractivity contribution in [1.82, 2.24) is 0 Å². The SMILES string of the molecule is COc1cc(C2(N=C=O)CCC2)c(F)cc1OC(C)C. The summed E-state index contributed by atoms with van der Waals surface area (Å²) in [4.78, 5) is 14.4. The van der Waals surface area contributed by atoms with Gasteiger partial charge in [-0.1, -0.05) is 0 Å². The number of methoxy groups -OCH3 is 1. The van der Waals surface area contributed by atoms with Gasteiger partial charge in [0.15, 0.2) is 11.5 Å². The summed E-state index contributed by atoms with van der Waals surface area (Å²) in [7, 11) is 1.50. The second-order valence-corrected chi connectivity index (χ2v) is 5.24. The van der Waals surface area contributed by atoms with Crippen LogP contribution in [-0.4, -0.2) is 19.3 Å². The molecule has 1 aliphatic carbocycles.